The minimum atomic E-state index is -0.984. The molecule has 0 aliphatic carbocycles. The SMILES string of the molecule is C.C#CCCO.C#CCCOc1ccc2c(c1)C(=O)N(C1CCC(=O)NC1=O)C2=O.O=C1CCC(N2C(=O)c3ccc(O)cc3C2=O)C(=O)N1. The summed E-state index contributed by atoms with van der Waals surface area (Å²) >= 11 is 0. The van der Waals surface area contributed by atoms with Crippen molar-refractivity contribution in [1.82, 2.24) is 20.4 Å². The zero-order valence-corrected chi connectivity index (χ0v) is 25.9. The summed E-state index contributed by atoms with van der Waals surface area (Å²) in [5.74, 6) is 0.577. The number of ether oxygens (including phenoxy) is 1. The molecule has 2 aromatic carbocycles. The fourth-order valence-electron chi connectivity index (χ4n) is 5.29. The van der Waals surface area contributed by atoms with Gasteiger partial charge in [0, 0.05) is 25.7 Å². The predicted molar refractivity (Wildman–Crippen MR) is 174 cm³/mol. The van der Waals surface area contributed by atoms with Crippen molar-refractivity contribution in [1.29, 1.82) is 0 Å². The smallest absolute Gasteiger partial charge is 0.262 e. The number of phenols is 1. The van der Waals surface area contributed by atoms with Crippen molar-refractivity contribution in [3.05, 3.63) is 58.7 Å². The van der Waals surface area contributed by atoms with Crippen LogP contribution < -0.4 is 15.4 Å². The molecule has 0 bridgehead atoms. The number of aromatic hydroxyl groups is 1. The highest BCUT2D eigenvalue weighted by Gasteiger charge is 2.46. The molecule has 4 aliphatic rings. The van der Waals surface area contributed by atoms with E-state index in [1.165, 1.54) is 30.3 Å². The average molecular weight is 687 g/mol. The number of hydrogen-bond donors (Lipinski definition) is 4. The number of carbonyl (C=O) groups excluding carboxylic acids is 8. The van der Waals surface area contributed by atoms with Crippen LogP contribution in [0.25, 0.3) is 0 Å². The maximum atomic E-state index is 12.6. The highest BCUT2D eigenvalue weighted by Crippen LogP contribution is 2.31. The van der Waals surface area contributed by atoms with Gasteiger partial charge in [-0.1, -0.05) is 7.43 Å². The molecule has 4 aliphatic heterocycles. The molecule has 2 saturated heterocycles. The first-order valence-corrected chi connectivity index (χ1v) is 14.9. The number of aliphatic hydroxyl groups excluding tert-OH is 1. The Morgan fingerprint density at radius 2 is 1.16 bits per heavy atom. The highest BCUT2D eigenvalue weighted by molar-refractivity contribution is 6.24. The van der Waals surface area contributed by atoms with E-state index in [0.29, 0.717) is 25.2 Å². The number of piperidine rings is 2. The maximum Gasteiger partial charge on any atom is 0.262 e. The Balaban J connectivity index is 0.000000237. The fraction of sp³-hybridized carbons (Fsp3) is 0.314. The molecule has 4 heterocycles. The van der Waals surface area contributed by atoms with Gasteiger partial charge in [0.25, 0.3) is 23.6 Å². The van der Waals surface area contributed by atoms with E-state index in [2.05, 4.69) is 22.5 Å². The number of imide groups is 4. The summed E-state index contributed by atoms with van der Waals surface area (Å²) in [5.41, 5.74) is 0.620. The Kier molecular flexibility index (Phi) is 12.7. The summed E-state index contributed by atoms with van der Waals surface area (Å²) in [6.07, 6.45) is 11.2. The monoisotopic (exact) mass is 686 g/mol. The standard InChI is InChI=1S/C17H14N2O5.C13H10N2O5.C4H6O.CH4/c1-2-3-8-24-10-4-5-11-12(9-10)17(23)19(16(11)22)13-6-7-14(20)18-15(13)21;16-6-1-2-7-8(5-6)13(20)15(12(7)19)9-3-4-10(17)14-11(9)18;1-2-3-4-5;/h1,4-5,9,13H,3,6-8H2,(H,18,20,21);1-2,5,9,16H,3-4H2,(H,14,17,18);1,5H,3-4H2;1H4. The second-order valence-electron chi connectivity index (χ2n) is 10.8. The minimum Gasteiger partial charge on any atom is -0.508 e. The van der Waals surface area contributed by atoms with Gasteiger partial charge < -0.3 is 14.9 Å². The summed E-state index contributed by atoms with van der Waals surface area (Å²) < 4.78 is 5.42. The van der Waals surface area contributed by atoms with Gasteiger partial charge in [-0.05, 0) is 49.2 Å². The van der Waals surface area contributed by atoms with E-state index < -0.39 is 59.3 Å². The molecule has 15 heteroatoms. The number of fused-ring (bicyclic) bond motifs is 2. The van der Waals surface area contributed by atoms with Crippen LogP contribution in [0, 0.1) is 24.7 Å². The molecule has 0 aromatic heterocycles. The van der Waals surface area contributed by atoms with Crippen LogP contribution in [-0.2, 0) is 19.2 Å². The van der Waals surface area contributed by atoms with Crippen LogP contribution >= 0.6 is 0 Å². The lowest BCUT2D eigenvalue weighted by Gasteiger charge is -2.27. The van der Waals surface area contributed by atoms with Crippen LogP contribution in [0.4, 0.5) is 0 Å². The molecular weight excluding hydrogens is 652 g/mol. The molecule has 6 rings (SSSR count). The second-order valence-corrected chi connectivity index (χ2v) is 10.8. The fourth-order valence-corrected chi connectivity index (χ4v) is 5.29. The van der Waals surface area contributed by atoms with Gasteiger partial charge in [0.15, 0.2) is 0 Å². The molecule has 0 saturated carbocycles. The first-order chi connectivity index (χ1) is 23.4. The van der Waals surface area contributed by atoms with Crippen LogP contribution in [0.3, 0.4) is 0 Å². The Hall–Kier alpha value is -6.32. The summed E-state index contributed by atoms with van der Waals surface area (Å²) in [6.45, 7) is 0.408. The molecule has 50 heavy (non-hydrogen) atoms. The third-order valence-electron chi connectivity index (χ3n) is 7.61. The van der Waals surface area contributed by atoms with E-state index in [1.54, 1.807) is 6.07 Å². The van der Waals surface area contributed by atoms with E-state index in [0.717, 1.165) is 9.80 Å². The average Bonchev–Trinajstić information content (AvgIpc) is 3.45. The first-order valence-electron chi connectivity index (χ1n) is 14.9. The third-order valence-corrected chi connectivity index (χ3v) is 7.61. The maximum absolute atomic E-state index is 12.6. The highest BCUT2D eigenvalue weighted by atomic mass is 16.5. The first kappa shape index (κ1) is 38.1. The number of benzene rings is 2. The predicted octanol–water partition coefficient (Wildman–Crippen LogP) is 0.921. The molecule has 4 N–H and O–H groups in total. The van der Waals surface area contributed by atoms with Gasteiger partial charge >= 0.3 is 0 Å². The molecule has 8 amide bonds. The number of phenolic OH excluding ortho intramolecular Hbond substituents is 1. The van der Waals surface area contributed by atoms with Crippen LogP contribution in [-0.4, -0.2) is 92.6 Å². The lowest BCUT2D eigenvalue weighted by Crippen LogP contribution is -2.54. The zero-order valence-electron chi connectivity index (χ0n) is 25.9. The molecular formula is C35H34N4O11. The topological polar surface area (TPSA) is 217 Å². The lowest BCUT2D eigenvalue weighted by molar-refractivity contribution is -0.137. The molecule has 0 spiro atoms. The number of amides is 8. The second kappa shape index (κ2) is 16.7. The normalized spacial score (nSPS) is 18.9. The van der Waals surface area contributed by atoms with Gasteiger partial charge in [0.2, 0.25) is 23.6 Å². The van der Waals surface area contributed by atoms with Crippen molar-refractivity contribution < 1.29 is 53.3 Å². The number of terminal acetylenes is 2. The van der Waals surface area contributed by atoms with Gasteiger partial charge in [-0.25, -0.2) is 0 Å². The van der Waals surface area contributed by atoms with E-state index in [9.17, 15) is 43.5 Å². The summed E-state index contributed by atoms with van der Waals surface area (Å²) in [7, 11) is 0. The molecule has 0 radical (unpaired) electrons. The Morgan fingerprint density at radius 3 is 1.60 bits per heavy atom. The van der Waals surface area contributed by atoms with Gasteiger partial charge in [-0.3, -0.25) is 58.8 Å². The van der Waals surface area contributed by atoms with Gasteiger partial charge in [-0.2, -0.15) is 0 Å². The van der Waals surface area contributed by atoms with Crippen LogP contribution in [0.5, 0.6) is 11.5 Å². The van der Waals surface area contributed by atoms with E-state index in [4.69, 9.17) is 22.7 Å². The van der Waals surface area contributed by atoms with Crippen molar-refractivity contribution in [2.45, 2.75) is 58.0 Å². The number of carbonyl (C=O) groups is 8. The number of rotatable bonds is 6. The molecule has 2 aromatic rings. The number of hydrogen-bond acceptors (Lipinski definition) is 11. The Morgan fingerprint density at radius 1 is 0.700 bits per heavy atom. The number of nitrogens with zero attached hydrogens (tertiary/aromatic N) is 2. The van der Waals surface area contributed by atoms with Crippen LogP contribution in [0.1, 0.15) is 87.4 Å². The van der Waals surface area contributed by atoms with Crippen molar-refractivity contribution >= 4 is 47.3 Å². The molecule has 2 atom stereocenters. The van der Waals surface area contributed by atoms with Crippen molar-refractivity contribution in [3.63, 3.8) is 0 Å². The minimum absolute atomic E-state index is 0. The quantitative estimate of drug-likeness (QED) is 0.190. The molecule has 15 nitrogen and oxygen atoms in total. The molecule has 2 fully saturated rings. The van der Waals surface area contributed by atoms with Crippen LogP contribution in [0.2, 0.25) is 0 Å². The Bertz CT molecular complexity index is 1840. The lowest BCUT2D eigenvalue weighted by atomic mass is 10.0. The summed E-state index contributed by atoms with van der Waals surface area (Å²) in [5, 5.41) is 21.6. The number of aliphatic hydroxyl groups is 1. The Labute approximate surface area is 286 Å². The van der Waals surface area contributed by atoms with E-state index in [-0.39, 0.29) is 67.7 Å². The zero-order chi connectivity index (χ0) is 35.8. The molecule has 260 valence electrons. The summed E-state index contributed by atoms with van der Waals surface area (Å²) in [4.78, 5) is 97.3. The van der Waals surface area contributed by atoms with Crippen molar-refractivity contribution in [2.24, 2.45) is 0 Å². The van der Waals surface area contributed by atoms with Crippen molar-refractivity contribution in [2.75, 3.05) is 13.2 Å². The third kappa shape index (κ3) is 8.03. The van der Waals surface area contributed by atoms with Crippen molar-refractivity contribution in [3.8, 4) is 36.2 Å². The van der Waals surface area contributed by atoms with Gasteiger partial charge in [0.05, 0.1) is 35.5 Å². The van der Waals surface area contributed by atoms with Crippen LogP contribution in [0.15, 0.2) is 36.4 Å². The number of nitrogens with one attached hydrogen (secondary N) is 2. The van der Waals surface area contributed by atoms with Gasteiger partial charge in [0.1, 0.15) is 23.6 Å². The summed E-state index contributed by atoms with van der Waals surface area (Å²) in [6, 6.07) is 6.43. The van der Waals surface area contributed by atoms with E-state index >= 15 is 0 Å². The van der Waals surface area contributed by atoms with Gasteiger partial charge in [-0.15, -0.1) is 24.7 Å². The largest absolute Gasteiger partial charge is 0.508 e. The van der Waals surface area contributed by atoms with E-state index in [1.807, 2.05) is 0 Å². The molecule has 2 unspecified atom stereocenters.